The summed E-state index contributed by atoms with van der Waals surface area (Å²) in [5.74, 6) is -0.825. The normalized spacial score (nSPS) is 19.7. The second-order valence-electron chi connectivity index (χ2n) is 5.09. The number of aliphatic imine (C=N–C) groups is 1. The van der Waals surface area contributed by atoms with E-state index in [0.29, 0.717) is 0 Å². The molecular formula is C14H12N4O3S2. The fourth-order valence-corrected chi connectivity index (χ4v) is 3.91. The number of sulfone groups is 1. The maximum absolute atomic E-state index is 12.1. The van der Waals surface area contributed by atoms with Gasteiger partial charge in [-0.1, -0.05) is 29.8 Å². The minimum absolute atomic E-state index is 0.0245. The number of rotatable bonds is 1. The van der Waals surface area contributed by atoms with Crippen LogP contribution in [-0.2, 0) is 14.6 Å². The number of aryl methyl sites for hydroxylation is 1. The van der Waals surface area contributed by atoms with E-state index in [4.69, 9.17) is 5.41 Å². The predicted molar refractivity (Wildman–Crippen MR) is 91.0 cm³/mol. The average molecular weight is 348 g/mol. The Morgan fingerprint density at radius 2 is 1.91 bits per heavy atom. The van der Waals surface area contributed by atoms with Crippen LogP contribution in [0.5, 0.6) is 0 Å². The Morgan fingerprint density at radius 3 is 2.52 bits per heavy atom. The van der Waals surface area contributed by atoms with Gasteiger partial charge in [-0.2, -0.15) is 9.39 Å². The topological polar surface area (TPSA) is 103 Å². The molecule has 23 heavy (non-hydrogen) atoms. The third kappa shape index (κ3) is 2.84. The molecule has 0 aromatic heterocycles. The van der Waals surface area contributed by atoms with Gasteiger partial charge in [-0.25, -0.2) is 13.3 Å². The summed E-state index contributed by atoms with van der Waals surface area (Å²) in [5, 5.41) is 8.00. The van der Waals surface area contributed by atoms with Gasteiger partial charge in [-0.3, -0.25) is 10.2 Å². The monoisotopic (exact) mass is 348 g/mol. The van der Waals surface area contributed by atoms with Crippen LogP contribution in [-0.4, -0.2) is 41.7 Å². The van der Waals surface area contributed by atoms with E-state index in [2.05, 4.69) is 9.39 Å². The fraction of sp³-hybridized carbons (Fsp3) is 0.143. The first-order valence-electron chi connectivity index (χ1n) is 6.53. The molecule has 3 rings (SSSR count). The fourth-order valence-electron chi connectivity index (χ4n) is 2.07. The standard InChI is InChI=1S/C14H12N4O3S2/c1-8-3-5-9(6-4-8)7-10-11(15)18-13(16-12(10)19)22-17-14(18)23(2,20)21/h3-7,15H,1-2H3/b10-7-,15-11?. The molecule has 1 aromatic rings. The summed E-state index contributed by atoms with van der Waals surface area (Å²) in [6.07, 6.45) is 2.52. The molecule has 0 atom stereocenters. The number of carbonyl (C=O) groups is 1. The molecule has 7 nitrogen and oxygen atoms in total. The van der Waals surface area contributed by atoms with E-state index in [1.165, 1.54) is 6.08 Å². The smallest absolute Gasteiger partial charge is 0.283 e. The maximum atomic E-state index is 12.1. The molecule has 118 valence electrons. The van der Waals surface area contributed by atoms with Gasteiger partial charge in [0.1, 0.15) is 5.84 Å². The van der Waals surface area contributed by atoms with E-state index >= 15 is 0 Å². The molecule has 1 amide bonds. The summed E-state index contributed by atoms with van der Waals surface area (Å²) < 4.78 is 27.4. The van der Waals surface area contributed by atoms with Crippen LogP contribution in [0.2, 0.25) is 0 Å². The Labute approximate surface area is 137 Å². The molecule has 0 aliphatic carbocycles. The summed E-state index contributed by atoms with van der Waals surface area (Å²) in [5.41, 5.74) is 1.82. The van der Waals surface area contributed by atoms with Crippen molar-refractivity contribution >= 4 is 49.9 Å². The zero-order valence-corrected chi connectivity index (χ0v) is 13.9. The molecule has 0 radical (unpaired) electrons. The van der Waals surface area contributed by atoms with Crippen molar-refractivity contribution in [3.63, 3.8) is 0 Å². The third-order valence-corrected chi connectivity index (χ3v) is 4.97. The number of carbonyl (C=O) groups excluding carboxylic acids is 1. The van der Waals surface area contributed by atoms with Crippen LogP contribution in [0.25, 0.3) is 6.08 Å². The summed E-state index contributed by atoms with van der Waals surface area (Å²) in [6, 6.07) is 7.39. The van der Waals surface area contributed by atoms with Gasteiger partial charge in [-0.15, -0.1) is 0 Å². The number of hydrogen-bond donors (Lipinski definition) is 1. The molecule has 0 bridgehead atoms. The predicted octanol–water partition coefficient (Wildman–Crippen LogP) is 1.62. The Bertz CT molecular complexity index is 912. The number of nitrogens with one attached hydrogen (secondary N) is 1. The van der Waals surface area contributed by atoms with Gasteiger partial charge >= 0.3 is 0 Å². The number of amides is 1. The van der Waals surface area contributed by atoms with Crippen molar-refractivity contribution < 1.29 is 13.2 Å². The number of nitrogens with zero attached hydrogens (tertiary/aromatic N) is 3. The SMILES string of the molecule is Cc1ccc(/C=C2/C(=N)N3C(=NC2=O)SN=C3S(C)(=O)=O)cc1. The van der Waals surface area contributed by atoms with Crippen LogP contribution < -0.4 is 0 Å². The minimum atomic E-state index is -3.63. The van der Waals surface area contributed by atoms with Crippen LogP contribution in [0, 0.1) is 12.3 Å². The van der Waals surface area contributed by atoms with Gasteiger partial charge in [0.25, 0.3) is 5.91 Å². The van der Waals surface area contributed by atoms with E-state index in [0.717, 1.165) is 34.2 Å². The zero-order chi connectivity index (χ0) is 16.8. The van der Waals surface area contributed by atoms with Gasteiger partial charge in [0.15, 0.2) is 0 Å². The molecule has 2 aliphatic rings. The van der Waals surface area contributed by atoms with Crippen LogP contribution >= 0.6 is 11.9 Å². The Balaban J connectivity index is 2.05. The third-order valence-electron chi connectivity index (χ3n) is 3.21. The van der Waals surface area contributed by atoms with Crippen LogP contribution in [0.15, 0.2) is 39.2 Å². The highest BCUT2D eigenvalue weighted by molar-refractivity contribution is 8.16. The van der Waals surface area contributed by atoms with Crippen LogP contribution in [0.1, 0.15) is 11.1 Å². The molecule has 0 unspecified atom stereocenters. The first-order valence-corrected chi connectivity index (χ1v) is 9.19. The second-order valence-corrected chi connectivity index (χ2v) is 7.73. The Morgan fingerprint density at radius 1 is 1.26 bits per heavy atom. The van der Waals surface area contributed by atoms with Crippen molar-refractivity contribution in [2.24, 2.45) is 9.39 Å². The van der Waals surface area contributed by atoms with Gasteiger partial charge in [0, 0.05) is 6.26 Å². The molecule has 0 fully saturated rings. The van der Waals surface area contributed by atoms with Gasteiger partial charge in [0.2, 0.25) is 20.2 Å². The van der Waals surface area contributed by atoms with E-state index in [-0.39, 0.29) is 21.7 Å². The molecule has 9 heteroatoms. The van der Waals surface area contributed by atoms with Gasteiger partial charge < -0.3 is 0 Å². The summed E-state index contributed by atoms with van der Waals surface area (Å²) in [7, 11) is -3.63. The van der Waals surface area contributed by atoms with Crippen molar-refractivity contribution in [3.8, 4) is 0 Å². The molecule has 2 aliphatic heterocycles. The maximum Gasteiger partial charge on any atom is 0.283 e. The zero-order valence-electron chi connectivity index (χ0n) is 12.3. The average Bonchev–Trinajstić information content (AvgIpc) is 2.89. The Hall–Kier alpha value is -2.26. The highest BCUT2D eigenvalue weighted by Gasteiger charge is 2.41. The van der Waals surface area contributed by atoms with Gasteiger partial charge in [-0.05, 0) is 18.6 Å². The lowest BCUT2D eigenvalue weighted by Crippen LogP contribution is -2.45. The molecule has 1 aromatic carbocycles. The molecule has 0 spiro atoms. The highest BCUT2D eigenvalue weighted by Crippen LogP contribution is 2.29. The minimum Gasteiger partial charge on any atom is -0.283 e. The van der Waals surface area contributed by atoms with E-state index < -0.39 is 15.7 Å². The largest absolute Gasteiger partial charge is 0.283 e. The van der Waals surface area contributed by atoms with Gasteiger partial charge in [0.05, 0.1) is 17.5 Å². The summed E-state index contributed by atoms with van der Waals surface area (Å²) >= 11 is 0.775. The van der Waals surface area contributed by atoms with Crippen molar-refractivity contribution in [3.05, 3.63) is 41.0 Å². The lowest BCUT2D eigenvalue weighted by Gasteiger charge is -2.23. The summed E-state index contributed by atoms with van der Waals surface area (Å²) in [4.78, 5) is 17.1. The second kappa shape index (κ2) is 5.43. The first-order chi connectivity index (χ1) is 10.8. The highest BCUT2D eigenvalue weighted by atomic mass is 32.2. The van der Waals surface area contributed by atoms with Crippen molar-refractivity contribution in [2.45, 2.75) is 6.92 Å². The quantitative estimate of drug-likeness (QED) is 0.613. The molecule has 0 saturated carbocycles. The Kier molecular flexibility index (Phi) is 3.69. The molecule has 0 saturated heterocycles. The van der Waals surface area contributed by atoms with Crippen molar-refractivity contribution in [1.82, 2.24) is 4.90 Å². The number of benzene rings is 1. The number of hydrogen-bond acceptors (Lipinski definition) is 6. The van der Waals surface area contributed by atoms with Crippen LogP contribution in [0.3, 0.4) is 0 Å². The molecule has 1 N–H and O–H groups in total. The molecule has 2 heterocycles. The van der Waals surface area contributed by atoms with Crippen LogP contribution in [0.4, 0.5) is 0 Å². The van der Waals surface area contributed by atoms with Crippen molar-refractivity contribution in [1.29, 1.82) is 5.41 Å². The lowest BCUT2D eigenvalue weighted by atomic mass is 10.1. The first kappa shape index (κ1) is 15.6. The van der Waals surface area contributed by atoms with Crippen molar-refractivity contribution in [2.75, 3.05) is 6.26 Å². The summed E-state index contributed by atoms with van der Waals surface area (Å²) in [6.45, 7) is 1.94. The lowest BCUT2D eigenvalue weighted by molar-refractivity contribution is -0.114. The van der Waals surface area contributed by atoms with E-state index in [1.807, 2.05) is 31.2 Å². The number of amidine groups is 3. The van der Waals surface area contributed by atoms with E-state index in [9.17, 15) is 13.2 Å². The number of fused-ring (bicyclic) bond motifs is 1. The molecular weight excluding hydrogens is 336 g/mol. The van der Waals surface area contributed by atoms with E-state index in [1.54, 1.807) is 0 Å².